The van der Waals surface area contributed by atoms with Crippen LogP contribution in [-0.4, -0.2) is 53.5 Å². The molecule has 0 aromatic heterocycles. The van der Waals surface area contributed by atoms with Crippen LogP contribution >= 0.6 is 0 Å². The maximum absolute atomic E-state index is 13.2. The van der Waals surface area contributed by atoms with Gasteiger partial charge in [-0.05, 0) is 26.7 Å². The third-order valence-corrected chi connectivity index (χ3v) is 6.64. The van der Waals surface area contributed by atoms with Crippen molar-refractivity contribution in [2.24, 2.45) is 5.41 Å². The number of rotatable bonds is 17. The van der Waals surface area contributed by atoms with E-state index in [1.54, 1.807) is 13.8 Å². The standard InChI is InChI=1S/C27H50N2O6/c1-7-9-10-11-12-13-14-15-16-17-22(30)28-20(8-2)21(18-23(31)32)29-25(33)24-26(3,4)19-34-27(5,6)35-24/h20-21,24H,7-19H2,1-6H3,(H,28,30)(H,29,33)(H,31,32). The first-order valence-electron chi connectivity index (χ1n) is 13.5. The van der Waals surface area contributed by atoms with Gasteiger partial charge in [0.15, 0.2) is 5.79 Å². The van der Waals surface area contributed by atoms with Crippen molar-refractivity contribution in [2.45, 2.75) is 143 Å². The highest BCUT2D eigenvalue weighted by atomic mass is 16.7. The van der Waals surface area contributed by atoms with Crippen LogP contribution in [0.2, 0.25) is 0 Å². The predicted molar refractivity (Wildman–Crippen MR) is 137 cm³/mol. The Bertz CT molecular complexity index is 664. The monoisotopic (exact) mass is 498 g/mol. The number of aliphatic carboxylic acids is 1. The van der Waals surface area contributed by atoms with Gasteiger partial charge in [-0.3, -0.25) is 14.4 Å². The Morgan fingerprint density at radius 2 is 1.46 bits per heavy atom. The number of unbranched alkanes of at least 4 members (excludes halogenated alkanes) is 8. The van der Waals surface area contributed by atoms with Gasteiger partial charge in [0.2, 0.25) is 11.8 Å². The summed E-state index contributed by atoms with van der Waals surface area (Å²) in [5.41, 5.74) is -0.575. The van der Waals surface area contributed by atoms with Crippen LogP contribution in [0, 0.1) is 5.41 Å². The summed E-state index contributed by atoms with van der Waals surface area (Å²) in [7, 11) is 0. The minimum absolute atomic E-state index is 0.104. The highest BCUT2D eigenvalue weighted by molar-refractivity contribution is 5.83. The SMILES string of the molecule is CCCCCCCCCCCC(=O)NC(CC)C(CC(=O)O)NC(=O)C1OC(C)(C)OCC1(C)C. The largest absolute Gasteiger partial charge is 0.481 e. The predicted octanol–water partition coefficient (Wildman–Crippen LogP) is 4.94. The molecule has 1 aliphatic rings. The second kappa shape index (κ2) is 15.4. The summed E-state index contributed by atoms with van der Waals surface area (Å²) in [5, 5.41) is 15.3. The Morgan fingerprint density at radius 3 is 2.00 bits per heavy atom. The molecule has 0 radical (unpaired) electrons. The van der Waals surface area contributed by atoms with Gasteiger partial charge >= 0.3 is 5.97 Å². The molecule has 1 saturated heterocycles. The number of hydrogen-bond donors (Lipinski definition) is 3. The lowest BCUT2D eigenvalue weighted by molar-refractivity contribution is -0.304. The Labute approximate surface area is 212 Å². The molecule has 1 heterocycles. The molecule has 0 bridgehead atoms. The number of nitrogens with one attached hydrogen (secondary N) is 2. The normalized spacial score (nSPS) is 20.6. The Morgan fingerprint density at radius 1 is 0.886 bits per heavy atom. The number of amides is 2. The number of carboxylic acids is 1. The molecule has 1 aliphatic heterocycles. The van der Waals surface area contributed by atoms with Crippen molar-refractivity contribution in [3.05, 3.63) is 0 Å². The van der Waals surface area contributed by atoms with Crippen LogP contribution in [0.1, 0.15) is 119 Å². The van der Waals surface area contributed by atoms with E-state index in [1.165, 1.54) is 38.5 Å². The summed E-state index contributed by atoms with van der Waals surface area (Å²) in [5.74, 6) is -2.43. The van der Waals surface area contributed by atoms with E-state index in [9.17, 15) is 19.5 Å². The fourth-order valence-electron chi connectivity index (χ4n) is 4.42. The minimum Gasteiger partial charge on any atom is -0.481 e. The molecule has 8 nitrogen and oxygen atoms in total. The van der Waals surface area contributed by atoms with Crippen LogP contribution in [-0.2, 0) is 23.9 Å². The minimum atomic E-state index is -1.03. The van der Waals surface area contributed by atoms with Gasteiger partial charge in [-0.15, -0.1) is 0 Å². The van der Waals surface area contributed by atoms with E-state index in [4.69, 9.17) is 9.47 Å². The zero-order chi connectivity index (χ0) is 26.5. The van der Waals surface area contributed by atoms with Gasteiger partial charge in [-0.2, -0.15) is 0 Å². The van der Waals surface area contributed by atoms with E-state index in [1.807, 2.05) is 20.8 Å². The third-order valence-electron chi connectivity index (χ3n) is 6.64. The third kappa shape index (κ3) is 12.2. The van der Waals surface area contributed by atoms with Gasteiger partial charge in [-0.25, -0.2) is 0 Å². The molecule has 0 aliphatic carbocycles. The molecule has 204 valence electrons. The molecule has 0 spiro atoms. The van der Waals surface area contributed by atoms with E-state index < -0.39 is 35.4 Å². The van der Waals surface area contributed by atoms with E-state index >= 15 is 0 Å². The fourth-order valence-corrected chi connectivity index (χ4v) is 4.42. The number of carboxylic acid groups (broad SMARTS) is 1. The van der Waals surface area contributed by atoms with Gasteiger partial charge in [0.05, 0.1) is 19.1 Å². The first-order valence-corrected chi connectivity index (χ1v) is 13.5. The van der Waals surface area contributed by atoms with Crippen molar-refractivity contribution in [1.29, 1.82) is 0 Å². The first-order chi connectivity index (χ1) is 16.4. The molecule has 0 saturated carbocycles. The summed E-state index contributed by atoms with van der Waals surface area (Å²) >= 11 is 0. The highest BCUT2D eigenvalue weighted by Gasteiger charge is 2.46. The molecule has 8 heteroatoms. The Hall–Kier alpha value is -1.67. The summed E-state index contributed by atoms with van der Waals surface area (Å²) < 4.78 is 11.6. The van der Waals surface area contributed by atoms with Crippen LogP contribution in [0.5, 0.6) is 0 Å². The smallest absolute Gasteiger partial charge is 0.305 e. The van der Waals surface area contributed by atoms with Crippen LogP contribution in [0.4, 0.5) is 0 Å². The van der Waals surface area contributed by atoms with Gasteiger partial charge in [0.25, 0.3) is 0 Å². The van der Waals surface area contributed by atoms with Gasteiger partial charge in [0.1, 0.15) is 6.10 Å². The van der Waals surface area contributed by atoms with Gasteiger partial charge in [0, 0.05) is 17.9 Å². The second-order valence-corrected chi connectivity index (χ2v) is 11.0. The number of carbonyl (C=O) groups is 3. The van der Waals surface area contributed by atoms with Gasteiger partial charge in [-0.1, -0.05) is 79.1 Å². The number of carbonyl (C=O) groups excluding carboxylic acids is 2. The molecule has 1 fully saturated rings. The fraction of sp³-hybridized carbons (Fsp3) is 0.889. The summed E-state index contributed by atoms with van der Waals surface area (Å²) in [6.07, 6.45) is 10.4. The first kappa shape index (κ1) is 31.4. The van der Waals surface area contributed by atoms with E-state index in [-0.39, 0.29) is 18.2 Å². The Kier molecular flexibility index (Phi) is 13.8. The van der Waals surface area contributed by atoms with Crippen molar-refractivity contribution in [3.63, 3.8) is 0 Å². The lowest BCUT2D eigenvalue weighted by Crippen LogP contribution is -2.60. The van der Waals surface area contributed by atoms with Crippen LogP contribution in [0.3, 0.4) is 0 Å². The van der Waals surface area contributed by atoms with Crippen LogP contribution in [0.25, 0.3) is 0 Å². The summed E-state index contributed by atoms with van der Waals surface area (Å²) in [4.78, 5) is 37.3. The van der Waals surface area contributed by atoms with E-state index in [0.29, 0.717) is 19.4 Å². The average Bonchev–Trinajstić information content (AvgIpc) is 2.77. The van der Waals surface area contributed by atoms with E-state index in [2.05, 4.69) is 17.6 Å². The molecule has 3 atom stereocenters. The topological polar surface area (TPSA) is 114 Å². The maximum atomic E-state index is 13.2. The molecule has 0 aromatic rings. The van der Waals surface area contributed by atoms with Gasteiger partial charge < -0.3 is 25.2 Å². The molecule has 3 N–H and O–H groups in total. The molecule has 1 rings (SSSR count). The van der Waals surface area contributed by atoms with Crippen molar-refractivity contribution in [3.8, 4) is 0 Å². The molecule has 35 heavy (non-hydrogen) atoms. The quantitative estimate of drug-likeness (QED) is 0.245. The van der Waals surface area contributed by atoms with Crippen molar-refractivity contribution in [2.75, 3.05) is 6.61 Å². The average molecular weight is 499 g/mol. The Balaban J connectivity index is 2.59. The number of hydrogen-bond acceptors (Lipinski definition) is 5. The van der Waals surface area contributed by atoms with Crippen molar-refractivity contribution < 1.29 is 29.0 Å². The molecule has 3 unspecified atom stereocenters. The molecule has 0 aromatic carbocycles. The second-order valence-electron chi connectivity index (χ2n) is 11.0. The molecule has 2 amide bonds. The highest BCUT2D eigenvalue weighted by Crippen LogP contribution is 2.35. The number of ether oxygens (including phenoxy) is 2. The van der Waals surface area contributed by atoms with Crippen molar-refractivity contribution in [1.82, 2.24) is 10.6 Å². The zero-order valence-electron chi connectivity index (χ0n) is 22.9. The van der Waals surface area contributed by atoms with E-state index in [0.717, 1.165) is 19.3 Å². The molecular formula is C27H50N2O6. The molecular weight excluding hydrogens is 448 g/mol. The van der Waals surface area contributed by atoms with Crippen LogP contribution < -0.4 is 10.6 Å². The van der Waals surface area contributed by atoms with Crippen LogP contribution in [0.15, 0.2) is 0 Å². The zero-order valence-corrected chi connectivity index (χ0v) is 22.9. The summed E-state index contributed by atoms with van der Waals surface area (Å²) in [6.45, 7) is 11.7. The maximum Gasteiger partial charge on any atom is 0.305 e. The lowest BCUT2D eigenvalue weighted by atomic mass is 9.85. The summed E-state index contributed by atoms with van der Waals surface area (Å²) in [6, 6.07) is -1.21. The lowest BCUT2D eigenvalue weighted by Gasteiger charge is -2.45. The van der Waals surface area contributed by atoms with Crippen molar-refractivity contribution >= 4 is 17.8 Å².